The second kappa shape index (κ2) is 10.3. The second-order valence-corrected chi connectivity index (χ2v) is 11.7. The average molecular weight is 556 g/mol. The van der Waals surface area contributed by atoms with Crippen LogP contribution in [0.3, 0.4) is 0 Å². The minimum absolute atomic E-state index is 0.0146. The lowest BCUT2D eigenvalue weighted by Crippen LogP contribution is -2.10. The number of rotatable bonds is 4. The molecule has 0 spiro atoms. The van der Waals surface area contributed by atoms with E-state index in [1.165, 1.54) is 5.56 Å². The molecule has 0 atom stereocenters. The molecule has 0 bridgehead atoms. The molecule has 2 heterocycles. The van der Waals surface area contributed by atoms with Crippen LogP contribution in [-0.2, 0) is 5.41 Å². The van der Waals surface area contributed by atoms with Gasteiger partial charge in [-0.05, 0) is 47.4 Å². The molecule has 5 heteroatoms. The summed E-state index contributed by atoms with van der Waals surface area (Å²) in [6.45, 7) is 6.69. The maximum Gasteiger partial charge on any atom is 0.164 e. The molecule has 5 aromatic carbocycles. The van der Waals surface area contributed by atoms with Gasteiger partial charge in [-0.3, -0.25) is 0 Å². The molecule has 0 fully saturated rings. The van der Waals surface area contributed by atoms with Crippen LogP contribution < -0.4 is 0 Å². The van der Waals surface area contributed by atoms with Crippen LogP contribution in [0.2, 0.25) is 0 Å². The van der Waals surface area contributed by atoms with Crippen LogP contribution in [0.1, 0.15) is 31.9 Å². The molecule has 0 saturated heterocycles. The Morgan fingerprint density at radius 3 is 1.72 bits per heavy atom. The van der Waals surface area contributed by atoms with E-state index < -0.39 is 0 Å². The lowest BCUT2D eigenvalue weighted by molar-refractivity contribution is 0.591. The highest BCUT2D eigenvalue weighted by Crippen LogP contribution is 2.37. The molecular weight excluding hydrogens is 526 g/mol. The fraction of sp³-hybridized carbons (Fsp3) is 0.105. The van der Waals surface area contributed by atoms with Gasteiger partial charge >= 0.3 is 0 Å². The highest BCUT2D eigenvalue weighted by molar-refractivity contribution is 6.09. The zero-order valence-electron chi connectivity index (χ0n) is 24.3. The summed E-state index contributed by atoms with van der Waals surface area (Å²) in [5.74, 6) is 1.75. The first-order chi connectivity index (χ1) is 20.9. The average Bonchev–Trinajstić information content (AvgIpc) is 3.38. The first kappa shape index (κ1) is 26.3. The Morgan fingerprint density at radius 1 is 0.558 bits per heavy atom. The molecule has 7 rings (SSSR count). The number of hydrogen-bond donors (Lipinski definition) is 0. The lowest BCUT2D eigenvalue weighted by atomic mass is 9.86. The van der Waals surface area contributed by atoms with Crippen molar-refractivity contribution in [3.63, 3.8) is 0 Å². The van der Waals surface area contributed by atoms with E-state index in [9.17, 15) is 5.26 Å². The minimum Gasteiger partial charge on any atom is -0.308 e. The fourth-order valence-electron chi connectivity index (χ4n) is 5.59. The van der Waals surface area contributed by atoms with Gasteiger partial charge in [0.25, 0.3) is 0 Å². The normalized spacial score (nSPS) is 11.6. The monoisotopic (exact) mass is 555 g/mol. The molecular formula is C38H29N5. The van der Waals surface area contributed by atoms with E-state index in [1.807, 2.05) is 84.9 Å². The van der Waals surface area contributed by atoms with Crippen LogP contribution in [0.25, 0.3) is 61.7 Å². The van der Waals surface area contributed by atoms with Gasteiger partial charge in [0.05, 0.1) is 22.3 Å². The molecule has 0 unspecified atom stereocenters. The van der Waals surface area contributed by atoms with E-state index in [2.05, 4.69) is 67.8 Å². The van der Waals surface area contributed by atoms with Gasteiger partial charge in [-0.25, -0.2) is 15.0 Å². The van der Waals surface area contributed by atoms with E-state index in [-0.39, 0.29) is 5.41 Å². The summed E-state index contributed by atoms with van der Waals surface area (Å²) >= 11 is 0. The first-order valence-corrected chi connectivity index (χ1v) is 14.4. The predicted molar refractivity (Wildman–Crippen MR) is 174 cm³/mol. The van der Waals surface area contributed by atoms with Gasteiger partial charge in [0.2, 0.25) is 0 Å². The molecule has 0 aliphatic carbocycles. The van der Waals surface area contributed by atoms with Crippen molar-refractivity contribution in [1.82, 2.24) is 19.5 Å². The molecule has 7 aromatic rings. The molecule has 0 radical (unpaired) electrons. The molecule has 0 amide bonds. The van der Waals surface area contributed by atoms with Crippen molar-refractivity contribution in [2.24, 2.45) is 0 Å². The smallest absolute Gasteiger partial charge is 0.164 e. The predicted octanol–water partition coefficient (Wildman–Crippen LogP) is 9.14. The number of benzene rings is 5. The first-order valence-electron chi connectivity index (χ1n) is 14.4. The van der Waals surface area contributed by atoms with Crippen molar-refractivity contribution < 1.29 is 0 Å². The SMILES string of the molecule is CC(C)(C)c1ccc2c(c1)c1ccccc1n2-c1cc(-c2nc(-c3ccccc3)nc(-c3ccccc3)n2)ccc1C#N. The van der Waals surface area contributed by atoms with Crippen molar-refractivity contribution in [3.8, 4) is 45.9 Å². The highest BCUT2D eigenvalue weighted by atomic mass is 15.0. The van der Waals surface area contributed by atoms with E-state index in [0.717, 1.165) is 44.2 Å². The molecule has 0 N–H and O–H groups in total. The number of hydrogen-bond acceptors (Lipinski definition) is 4. The standard InChI is InChI=1S/C38H29N5/c1-38(2,3)29-20-21-33-31(23-29)30-16-10-11-17-32(30)43(33)34-22-27(18-19-28(34)24-39)37-41-35(25-12-6-4-7-13-25)40-36(42-37)26-14-8-5-9-15-26/h4-23H,1-3H3. The van der Waals surface area contributed by atoms with Gasteiger partial charge in [0.15, 0.2) is 17.5 Å². The number of para-hydroxylation sites is 1. The largest absolute Gasteiger partial charge is 0.308 e. The third-order valence-electron chi connectivity index (χ3n) is 7.86. The molecule has 0 aliphatic rings. The van der Waals surface area contributed by atoms with Gasteiger partial charge in [-0.1, -0.05) is 106 Å². The summed E-state index contributed by atoms with van der Waals surface area (Å²) < 4.78 is 2.19. The molecule has 0 aliphatic heterocycles. The third kappa shape index (κ3) is 4.73. The maximum atomic E-state index is 10.3. The quantitative estimate of drug-likeness (QED) is 0.217. The topological polar surface area (TPSA) is 67.4 Å². The Hall–Kier alpha value is -5.60. The highest BCUT2D eigenvalue weighted by Gasteiger charge is 2.20. The van der Waals surface area contributed by atoms with Crippen LogP contribution >= 0.6 is 0 Å². The van der Waals surface area contributed by atoms with Gasteiger partial charge in [0, 0.05) is 27.5 Å². The van der Waals surface area contributed by atoms with Crippen molar-refractivity contribution in [2.75, 3.05) is 0 Å². The van der Waals surface area contributed by atoms with Crippen LogP contribution in [0, 0.1) is 11.3 Å². The van der Waals surface area contributed by atoms with Gasteiger partial charge in [0.1, 0.15) is 6.07 Å². The number of fused-ring (bicyclic) bond motifs is 3. The minimum atomic E-state index is 0.0146. The fourth-order valence-corrected chi connectivity index (χ4v) is 5.59. The number of nitriles is 1. The zero-order valence-corrected chi connectivity index (χ0v) is 24.3. The van der Waals surface area contributed by atoms with E-state index in [4.69, 9.17) is 15.0 Å². The van der Waals surface area contributed by atoms with Gasteiger partial charge < -0.3 is 4.57 Å². The summed E-state index contributed by atoms with van der Waals surface area (Å²) in [6.07, 6.45) is 0. The third-order valence-corrected chi connectivity index (χ3v) is 7.86. The Balaban J connectivity index is 1.48. The van der Waals surface area contributed by atoms with Crippen LogP contribution in [0.4, 0.5) is 0 Å². The molecule has 5 nitrogen and oxygen atoms in total. The van der Waals surface area contributed by atoms with E-state index in [0.29, 0.717) is 23.0 Å². The van der Waals surface area contributed by atoms with E-state index in [1.54, 1.807) is 0 Å². The van der Waals surface area contributed by atoms with Crippen molar-refractivity contribution in [3.05, 3.63) is 132 Å². The molecule has 2 aromatic heterocycles. The van der Waals surface area contributed by atoms with E-state index >= 15 is 0 Å². The second-order valence-electron chi connectivity index (χ2n) is 11.7. The van der Waals surface area contributed by atoms with Crippen molar-refractivity contribution in [2.45, 2.75) is 26.2 Å². The molecule has 206 valence electrons. The number of nitrogens with zero attached hydrogens (tertiary/aromatic N) is 5. The summed E-state index contributed by atoms with van der Waals surface area (Å²) in [5.41, 5.74) is 7.37. The van der Waals surface area contributed by atoms with Crippen LogP contribution in [-0.4, -0.2) is 19.5 Å². The summed E-state index contributed by atoms with van der Waals surface area (Å²) in [7, 11) is 0. The Kier molecular flexibility index (Phi) is 6.33. The van der Waals surface area contributed by atoms with Gasteiger partial charge in [-0.2, -0.15) is 5.26 Å². The molecule has 0 saturated carbocycles. The van der Waals surface area contributed by atoms with Crippen molar-refractivity contribution in [1.29, 1.82) is 5.26 Å². The van der Waals surface area contributed by atoms with Crippen molar-refractivity contribution >= 4 is 21.8 Å². The van der Waals surface area contributed by atoms with Gasteiger partial charge in [-0.15, -0.1) is 0 Å². The molecule has 43 heavy (non-hydrogen) atoms. The lowest BCUT2D eigenvalue weighted by Gasteiger charge is -2.19. The summed E-state index contributed by atoms with van der Waals surface area (Å²) in [5, 5.41) is 12.6. The summed E-state index contributed by atoms with van der Waals surface area (Å²) in [6, 6.07) is 43.2. The maximum absolute atomic E-state index is 10.3. The Labute approximate surface area is 250 Å². The zero-order chi connectivity index (χ0) is 29.6. The van der Waals surface area contributed by atoms with Crippen LogP contribution in [0.15, 0.2) is 121 Å². The van der Waals surface area contributed by atoms with Crippen LogP contribution in [0.5, 0.6) is 0 Å². The number of aromatic nitrogens is 4. The Bertz CT molecular complexity index is 2110. The Morgan fingerprint density at radius 2 is 1.12 bits per heavy atom. The summed E-state index contributed by atoms with van der Waals surface area (Å²) in [4.78, 5) is 14.7.